The highest BCUT2D eigenvalue weighted by Gasteiger charge is 2.31. The highest BCUT2D eigenvalue weighted by Crippen LogP contribution is 2.20. The fourth-order valence-electron chi connectivity index (χ4n) is 1.59. The molecule has 0 aromatic heterocycles. The molecule has 1 aromatic rings. The standard InChI is InChI=1S/C12H12N2OS/c1-2-6-10-11(15)14(12(16)13-10)9-7-4-3-5-8-9/h3-8H,2H2,1H3,(H,13,16)/b10-6+. The Labute approximate surface area is 99.8 Å². The van der Waals surface area contributed by atoms with Crippen molar-refractivity contribution in [2.24, 2.45) is 0 Å². The maximum atomic E-state index is 12.0. The van der Waals surface area contributed by atoms with Crippen LogP contribution in [0.25, 0.3) is 0 Å². The number of anilines is 1. The Balaban J connectivity index is 2.34. The van der Waals surface area contributed by atoms with E-state index in [1.807, 2.05) is 43.3 Å². The van der Waals surface area contributed by atoms with Crippen molar-refractivity contribution in [1.82, 2.24) is 5.32 Å². The number of carbonyl (C=O) groups is 1. The average molecular weight is 232 g/mol. The number of amides is 1. The van der Waals surface area contributed by atoms with Gasteiger partial charge < -0.3 is 5.32 Å². The number of para-hydroxylation sites is 1. The van der Waals surface area contributed by atoms with Crippen molar-refractivity contribution < 1.29 is 4.79 Å². The molecular formula is C12H12N2OS. The van der Waals surface area contributed by atoms with Gasteiger partial charge >= 0.3 is 0 Å². The summed E-state index contributed by atoms with van der Waals surface area (Å²) in [6, 6.07) is 9.39. The van der Waals surface area contributed by atoms with E-state index in [-0.39, 0.29) is 5.91 Å². The first-order valence-electron chi connectivity index (χ1n) is 5.14. The normalized spacial score (nSPS) is 18.1. The van der Waals surface area contributed by atoms with Crippen molar-refractivity contribution in [2.45, 2.75) is 13.3 Å². The molecular weight excluding hydrogens is 220 g/mol. The highest BCUT2D eigenvalue weighted by atomic mass is 32.1. The maximum Gasteiger partial charge on any atom is 0.280 e. The van der Waals surface area contributed by atoms with Crippen molar-refractivity contribution in [3.05, 3.63) is 42.1 Å². The summed E-state index contributed by atoms with van der Waals surface area (Å²) in [5.74, 6) is -0.0851. The first-order chi connectivity index (χ1) is 7.74. The fraction of sp³-hybridized carbons (Fsp3) is 0.167. The molecule has 0 radical (unpaired) electrons. The number of nitrogens with one attached hydrogen (secondary N) is 1. The predicted molar refractivity (Wildman–Crippen MR) is 68.0 cm³/mol. The molecule has 3 nitrogen and oxygen atoms in total. The van der Waals surface area contributed by atoms with Crippen LogP contribution in [0.5, 0.6) is 0 Å². The molecule has 0 atom stereocenters. The van der Waals surface area contributed by atoms with Gasteiger partial charge in [0.15, 0.2) is 5.11 Å². The largest absolute Gasteiger partial charge is 0.328 e. The zero-order chi connectivity index (χ0) is 11.5. The van der Waals surface area contributed by atoms with Gasteiger partial charge in [0.2, 0.25) is 0 Å². The van der Waals surface area contributed by atoms with Crippen LogP contribution in [0.2, 0.25) is 0 Å². The minimum atomic E-state index is -0.0851. The van der Waals surface area contributed by atoms with Crippen LogP contribution in [0.15, 0.2) is 42.1 Å². The van der Waals surface area contributed by atoms with Crippen molar-refractivity contribution in [3.63, 3.8) is 0 Å². The summed E-state index contributed by atoms with van der Waals surface area (Å²) in [7, 11) is 0. The van der Waals surface area contributed by atoms with Gasteiger partial charge in [0.1, 0.15) is 5.70 Å². The van der Waals surface area contributed by atoms with E-state index in [1.54, 1.807) is 0 Å². The Kier molecular flexibility index (Phi) is 3.01. The van der Waals surface area contributed by atoms with Gasteiger partial charge in [0, 0.05) is 0 Å². The highest BCUT2D eigenvalue weighted by molar-refractivity contribution is 7.80. The summed E-state index contributed by atoms with van der Waals surface area (Å²) in [5.41, 5.74) is 1.36. The van der Waals surface area contributed by atoms with E-state index >= 15 is 0 Å². The van der Waals surface area contributed by atoms with Crippen LogP contribution < -0.4 is 10.2 Å². The van der Waals surface area contributed by atoms with Crippen molar-refractivity contribution in [1.29, 1.82) is 0 Å². The van der Waals surface area contributed by atoms with E-state index < -0.39 is 0 Å². The van der Waals surface area contributed by atoms with Crippen LogP contribution in [0.3, 0.4) is 0 Å². The van der Waals surface area contributed by atoms with Gasteiger partial charge in [0.05, 0.1) is 5.69 Å². The van der Waals surface area contributed by atoms with Gasteiger partial charge in [-0.3, -0.25) is 9.69 Å². The molecule has 1 N–H and O–H groups in total. The van der Waals surface area contributed by atoms with Crippen LogP contribution in [-0.2, 0) is 4.79 Å². The molecule has 0 aliphatic carbocycles. The number of rotatable bonds is 2. The van der Waals surface area contributed by atoms with Crippen LogP contribution in [0.1, 0.15) is 13.3 Å². The van der Waals surface area contributed by atoms with Crippen LogP contribution >= 0.6 is 12.2 Å². The molecule has 0 bridgehead atoms. The van der Waals surface area contributed by atoms with Crippen molar-refractivity contribution in [2.75, 3.05) is 4.90 Å². The second kappa shape index (κ2) is 4.45. The Hall–Kier alpha value is -1.68. The summed E-state index contributed by atoms with van der Waals surface area (Å²) in [5, 5.41) is 3.36. The summed E-state index contributed by atoms with van der Waals surface area (Å²) in [6.45, 7) is 1.98. The summed E-state index contributed by atoms with van der Waals surface area (Å²) >= 11 is 5.14. The molecule has 1 amide bonds. The van der Waals surface area contributed by atoms with Gasteiger partial charge in [-0.25, -0.2) is 0 Å². The molecule has 82 valence electrons. The summed E-state index contributed by atoms with van der Waals surface area (Å²) in [6.07, 6.45) is 2.65. The van der Waals surface area contributed by atoms with Crippen LogP contribution in [0, 0.1) is 0 Å². The Morgan fingerprint density at radius 1 is 1.38 bits per heavy atom. The topological polar surface area (TPSA) is 32.3 Å². The SMILES string of the molecule is CC/C=C1/NC(=S)N(c2ccccc2)C1=O. The number of benzene rings is 1. The lowest BCUT2D eigenvalue weighted by atomic mass is 10.3. The second-order valence-corrected chi connectivity index (χ2v) is 3.82. The average Bonchev–Trinajstić information content (AvgIpc) is 2.56. The van der Waals surface area contributed by atoms with E-state index in [2.05, 4.69) is 5.32 Å². The molecule has 1 fully saturated rings. The molecule has 1 aromatic carbocycles. The minimum absolute atomic E-state index is 0.0851. The molecule has 4 heteroatoms. The first kappa shape index (κ1) is 10.8. The second-order valence-electron chi connectivity index (χ2n) is 3.43. The number of nitrogens with zero attached hydrogens (tertiary/aromatic N) is 1. The summed E-state index contributed by atoms with van der Waals surface area (Å²) in [4.78, 5) is 13.5. The predicted octanol–water partition coefficient (Wildman–Crippen LogP) is 2.20. The Morgan fingerprint density at radius 3 is 2.69 bits per heavy atom. The monoisotopic (exact) mass is 232 g/mol. The molecule has 0 saturated carbocycles. The zero-order valence-corrected chi connectivity index (χ0v) is 9.75. The van der Waals surface area contributed by atoms with E-state index in [1.165, 1.54) is 4.90 Å². The third-order valence-electron chi connectivity index (χ3n) is 2.30. The van der Waals surface area contributed by atoms with Crippen LogP contribution in [-0.4, -0.2) is 11.0 Å². The van der Waals surface area contributed by atoms with E-state index in [4.69, 9.17) is 12.2 Å². The molecule has 2 rings (SSSR count). The molecule has 1 aliphatic rings. The third-order valence-corrected chi connectivity index (χ3v) is 2.59. The van der Waals surface area contributed by atoms with E-state index in [9.17, 15) is 4.79 Å². The van der Waals surface area contributed by atoms with Crippen molar-refractivity contribution >= 4 is 28.9 Å². The molecule has 1 aliphatic heterocycles. The molecule has 16 heavy (non-hydrogen) atoms. The third kappa shape index (κ3) is 1.84. The van der Waals surface area contributed by atoms with Gasteiger partial charge in [0.25, 0.3) is 5.91 Å². The number of thiocarbonyl (C=S) groups is 1. The lowest BCUT2D eigenvalue weighted by Gasteiger charge is -2.13. The molecule has 0 spiro atoms. The number of carbonyl (C=O) groups excluding carboxylic acids is 1. The molecule has 1 saturated heterocycles. The first-order valence-corrected chi connectivity index (χ1v) is 5.55. The Morgan fingerprint density at radius 2 is 2.06 bits per heavy atom. The molecule has 1 heterocycles. The van der Waals surface area contributed by atoms with Gasteiger partial charge in [-0.2, -0.15) is 0 Å². The number of hydrogen-bond acceptors (Lipinski definition) is 2. The zero-order valence-electron chi connectivity index (χ0n) is 8.93. The quantitative estimate of drug-likeness (QED) is 0.626. The van der Waals surface area contributed by atoms with Gasteiger partial charge in [-0.15, -0.1) is 0 Å². The minimum Gasteiger partial charge on any atom is -0.328 e. The Bertz CT molecular complexity index is 453. The van der Waals surface area contributed by atoms with E-state index in [0.29, 0.717) is 10.8 Å². The van der Waals surface area contributed by atoms with Gasteiger partial charge in [-0.05, 0) is 30.8 Å². The number of allylic oxidation sites excluding steroid dienone is 1. The lowest BCUT2D eigenvalue weighted by Crippen LogP contribution is -2.30. The van der Waals surface area contributed by atoms with Gasteiger partial charge in [-0.1, -0.05) is 31.2 Å². The molecule has 0 unspecified atom stereocenters. The lowest BCUT2D eigenvalue weighted by molar-refractivity contribution is -0.113. The summed E-state index contributed by atoms with van der Waals surface area (Å²) < 4.78 is 0. The fourth-order valence-corrected chi connectivity index (χ4v) is 1.89. The number of hydrogen-bond donors (Lipinski definition) is 1. The van der Waals surface area contributed by atoms with Crippen molar-refractivity contribution in [3.8, 4) is 0 Å². The van der Waals surface area contributed by atoms with E-state index in [0.717, 1.165) is 12.1 Å². The smallest absolute Gasteiger partial charge is 0.280 e. The maximum absolute atomic E-state index is 12.0. The van der Waals surface area contributed by atoms with Crippen LogP contribution in [0.4, 0.5) is 5.69 Å².